The summed E-state index contributed by atoms with van der Waals surface area (Å²) in [6, 6.07) is 5.71. The first kappa shape index (κ1) is 20.1. The molecule has 0 spiro atoms. The van der Waals surface area contributed by atoms with Crippen LogP contribution in [0.1, 0.15) is 44.6 Å². The number of ether oxygens (including phenoxy) is 2. The predicted molar refractivity (Wildman–Crippen MR) is 98.7 cm³/mol. The molecule has 26 heavy (non-hydrogen) atoms. The van der Waals surface area contributed by atoms with Crippen LogP contribution in [0, 0.1) is 5.92 Å². The van der Waals surface area contributed by atoms with Crippen molar-refractivity contribution in [3.8, 4) is 11.5 Å². The quantitative estimate of drug-likeness (QED) is 0.611. The summed E-state index contributed by atoms with van der Waals surface area (Å²) in [5.74, 6) is -0.0650. The summed E-state index contributed by atoms with van der Waals surface area (Å²) in [5.41, 5.74) is 1.01. The second-order valence-corrected chi connectivity index (χ2v) is 6.71. The highest BCUT2D eigenvalue weighted by Crippen LogP contribution is 2.27. The Balaban J connectivity index is 1.94. The molecule has 0 aliphatic carbocycles. The van der Waals surface area contributed by atoms with Gasteiger partial charge in [0, 0.05) is 25.6 Å². The first-order valence-electron chi connectivity index (χ1n) is 9.35. The van der Waals surface area contributed by atoms with Gasteiger partial charge in [0.25, 0.3) is 0 Å². The van der Waals surface area contributed by atoms with Crippen LogP contribution < -0.4 is 9.47 Å². The molecule has 1 N–H and O–H groups in total. The van der Waals surface area contributed by atoms with Gasteiger partial charge in [-0.3, -0.25) is 9.59 Å². The Labute approximate surface area is 155 Å². The van der Waals surface area contributed by atoms with E-state index < -0.39 is 11.9 Å². The number of benzene rings is 1. The van der Waals surface area contributed by atoms with Crippen LogP contribution in [0.3, 0.4) is 0 Å². The Bertz CT molecular complexity index is 616. The number of carbonyl (C=O) groups excluding carboxylic acids is 1. The third-order valence-corrected chi connectivity index (χ3v) is 4.74. The zero-order chi connectivity index (χ0) is 18.9. The molecule has 1 unspecified atom stereocenters. The molecule has 0 bridgehead atoms. The molecule has 0 saturated carbocycles. The molecule has 1 fully saturated rings. The fraction of sp³-hybridized carbons (Fsp3) is 0.600. The monoisotopic (exact) mass is 363 g/mol. The van der Waals surface area contributed by atoms with Crippen LogP contribution in [0.2, 0.25) is 0 Å². The number of hydrogen-bond acceptors (Lipinski definition) is 4. The molecule has 1 heterocycles. The third kappa shape index (κ3) is 5.64. The van der Waals surface area contributed by atoms with E-state index in [2.05, 4.69) is 6.92 Å². The number of carbonyl (C=O) groups is 2. The van der Waals surface area contributed by atoms with Crippen molar-refractivity contribution in [2.45, 2.75) is 45.4 Å². The van der Waals surface area contributed by atoms with E-state index >= 15 is 0 Å². The van der Waals surface area contributed by atoms with Gasteiger partial charge in [-0.15, -0.1) is 0 Å². The highest BCUT2D eigenvalue weighted by molar-refractivity contribution is 5.86. The molecular weight excluding hydrogens is 334 g/mol. The van der Waals surface area contributed by atoms with Crippen molar-refractivity contribution in [3.05, 3.63) is 23.8 Å². The zero-order valence-corrected chi connectivity index (χ0v) is 15.7. The fourth-order valence-electron chi connectivity index (χ4n) is 3.12. The number of carboxylic acid groups (broad SMARTS) is 1. The minimum absolute atomic E-state index is 0.0899. The first-order valence-corrected chi connectivity index (χ1v) is 9.35. The Hall–Kier alpha value is -2.24. The maximum Gasteiger partial charge on any atom is 0.308 e. The summed E-state index contributed by atoms with van der Waals surface area (Å²) in [5, 5.41) is 9.08. The largest absolute Gasteiger partial charge is 0.497 e. The van der Waals surface area contributed by atoms with Gasteiger partial charge in [0.1, 0.15) is 11.5 Å². The summed E-state index contributed by atoms with van der Waals surface area (Å²) in [6.07, 6.45) is 5.27. The van der Waals surface area contributed by atoms with Gasteiger partial charge in [-0.05, 0) is 24.5 Å². The molecule has 0 radical (unpaired) electrons. The summed E-state index contributed by atoms with van der Waals surface area (Å²) in [7, 11) is 1.62. The van der Waals surface area contributed by atoms with Gasteiger partial charge < -0.3 is 19.5 Å². The minimum Gasteiger partial charge on any atom is -0.497 e. The molecule has 1 atom stereocenters. The van der Waals surface area contributed by atoms with E-state index in [9.17, 15) is 9.59 Å². The Morgan fingerprint density at radius 3 is 2.77 bits per heavy atom. The van der Waals surface area contributed by atoms with Gasteiger partial charge in [-0.25, -0.2) is 0 Å². The standard InChI is InChI=1S/C20H29NO5/c1-3-4-5-6-11-26-18-13-17(25-2)8-7-15(18)9-10-21-14-16(20(23)24)12-19(21)22/h7-8,13,16H,3-6,9-12,14H2,1-2H3,(H,23,24). The molecule has 6 heteroatoms. The second kappa shape index (κ2) is 10.0. The van der Waals surface area contributed by atoms with Crippen LogP contribution >= 0.6 is 0 Å². The van der Waals surface area contributed by atoms with E-state index in [0.29, 0.717) is 19.6 Å². The molecule has 2 rings (SSSR count). The van der Waals surface area contributed by atoms with E-state index in [1.54, 1.807) is 12.0 Å². The second-order valence-electron chi connectivity index (χ2n) is 6.71. The number of hydrogen-bond donors (Lipinski definition) is 1. The van der Waals surface area contributed by atoms with E-state index in [0.717, 1.165) is 29.9 Å². The van der Waals surface area contributed by atoms with Crippen LogP contribution in [-0.2, 0) is 16.0 Å². The number of methoxy groups -OCH3 is 1. The molecule has 1 aromatic rings. The normalized spacial score (nSPS) is 16.8. The van der Waals surface area contributed by atoms with E-state index in [1.165, 1.54) is 12.8 Å². The lowest BCUT2D eigenvalue weighted by atomic mass is 10.1. The van der Waals surface area contributed by atoms with Crippen molar-refractivity contribution < 1.29 is 24.2 Å². The van der Waals surface area contributed by atoms with Gasteiger partial charge >= 0.3 is 5.97 Å². The number of likely N-dealkylation sites (tertiary alicyclic amines) is 1. The van der Waals surface area contributed by atoms with Crippen molar-refractivity contribution in [2.75, 3.05) is 26.8 Å². The summed E-state index contributed by atoms with van der Waals surface area (Å²) >= 11 is 0. The van der Waals surface area contributed by atoms with Crippen molar-refractivity contribution in [3.63, 3.8) is 0 Å². The van der Waals surface area contributed by atoms with Gasteiger partial charge in [0.05, 0.1) is 19.6 Å². The predicted octanol–water partition coefficient (Wildman–Crippen LogP) is 3.13. The Morgan fingerprint density at radius 1 is 1.31 bits per heavy atom. The zero-order valence-electron chi connectivity index (χ0n) is 15.7. The van der Waals surface area contributed by atoms with E-state index in [-0.39, 0.29) is 18.9 Å². The lowest BCUT2D eigenvalue weighted by molar-refractivity contribution is -0.141. The van der Waals surface area contributed by atoms with E-state index in [4.69, 9.17) is 14.6 Å². The highest BCUT2D eigenvalue weighted by atomic mass is 16.5. The molecular formula is C20H29NO5. The van der Waals surface area contributed by atoms with Crippen molar-refractivity contribution in [1.29, 1.82) is 0 Å². The van der Waals surface area contributed by atoms with Gasteiger partial charge in [-0.1, -0.05) is 32.3 Å². The lowest BCUT2D eigenvalue weighted by Crippen LogP contribution is -2.28. The maximum absolute atomic E-state index is 12.0. The molecule has 6 nitrogen and oxygen atoms in total. The molecule has 1 amide bonds. The number of nitrogens with zero attached hydrogens (tertiary/aromatic N) is 1. The van der Waals surface area contributed by atoms with Gasteiger partial charge in [0.2, 0.25) is 5.91 Å². The van der Waals surface area contributed by atoms with Crippen molar-refractivity contribution in [1.82, 2.24) is 4.90 Å². The van der Waals surface area contributed by atoms with Gasteiger partial charge in [-0.2, -0.15) is 0 Å². The minimum atomic E-state index is -0.901. The number of carboxylic acids is 1. The number of rotatable bonds is 11. The number of aliphatic carboxylic acids is 1. The SMILES string of the molecule is CCCCCCOc1cc(OC)ccc1CCN1CC(C(=O)O)CC1=O. The van der Waals surface area contributed by atoms with Crippen LogP contribution in [0.15, 0.2) is 18.2 Å². The van der Waals surface area contributed by atoms with Crippen molar-refractivity contribution >= 4 is 11.9 Å². The Kier molecular flexibility index (Phi) is 7.75. The van der Waals surface area contributed by atoms with Crippen LogP contribution in [-0.4, -0.2) is 48.7 Å². The maximum atomic E-state index is 12.0. The summed E-state index contributed by atoms with van der Waals surface area (Å²) in [4.78, 5) is 24.7. The molecule has 1 aliphatic heterocycles. The average molecular weight is 363 g/mol. The number of amides is 1. The highest BCUT2D eigenvalue weighted by Gasteiger charge is 2.33. The Morgan fingerprint density at radius 2 is 2.12 bits per heavy atom. The molecule has 1 aliphatic rings. The van der Waals surface area contributed by atoms with Gasteiger partial charge in [0.15, 0.2) is 0 Å². The average Bonchev–Trinajstić information content (AvgIpc) is 3.01. The summed E-state index contributed by atoms with van der Waals surface area (Å²) < 4.78 is 11.2. The summed E-state index contributed by atoms with van der Waals surface area (Å²) in [6.45, 7) is 3.62. The molecule has 144 valence electrons. The first-order chi connectivity index (χ1) is 12.5. The van der Waals surface area contributed by atoms with Crippen LogP contribution in [0.5, 0.6) is 11.5 Å². The lowest BCUT2D eigenvalue weighted by Gasteiger charge is -2.18. The number of unbranched alkanes of at least 4 members (excludes halogenated alkanes) is 3. The topological polar surface area (TPSA) is 76.1 Å². The smallest absolute Gasteiger partial charge is 0.308 e. The molecule has 1 saturated heterocycles. The van der Waals surface area contributed by atoms with Crippen LogP contribution in [0.4, 0.5) is 0 Å². The third-order valence-electron chi connectivity index (χ3n) is 4.74. The van der Waals surface area contributed by atoms with E-state index in [1.807, 2.05) is 18.2 Å². The molecule has 0 aromatic heterocycles. The molecule has 1 aromatic carbocycles. The fourth-order valence-corrected chi connectivity index (χ4v) is 3.12. The van der Waals surface area contributed by atoms with Crippen LogP contribution in [0.25, 0.3) is 0 Å². The van der Waals surface area contributed by atoms with Crippen molar-refractivity contribution in [2.24, 2.45) is 5.92 Å².